The van der Waals surface area contributed by atoms with Gasteiger partial charge in [-0.3, -0.25) is 4.79 Å². The van der Waals surface area contributed by atoms with E-state index in [0.29, 0.717) is 0 Å². The molecule has 0 unspecified atom stereocenters. The molecule has 0 amide bonds. The Balaban J connectivity index is 3.18. The summed E-state index contributed by atoms with van der Waals surface area (Å²) in [5.41, 5.74) is 5.21. The fraction of sp³-hybridized carbons (Fsp3) is 0.300. The first-order valence-corrected chi connectivity index (χ1v) is 4.37. The van der Waals surface area contributed by atoms with E-state index in [1.165, 1.54) is 13.2 Å². The SMILES string of the molecule is COc1c(C(=O)CCN)ccc(F)c1F. The molecule has 2 N–H and O–H groups in total. The fourth-order valence-electron chi connectivity index (χ4n) is 1.22. The maximum atomic E-state index is 13.2. The number of rotatable bonds is 4. The van der Waals surface area contributed by atoms with Gasteiger partial charge in [0.25, 0.3) is 0 Å². The first-order valence-electron chi connectivity index (χ1n) is 4.37. The molecule has 0 bridgehead atoms. The summed E-state index contributed by atoms with van der Waals surface area (Å²) in [7, 11) is 1.18. The highest BCUT2D eigenvalue weighted by Gasteiger charge is 2.18. The summed E-state index contributed by atoms with van der Waals surface area (Å²) in [5.74, 6) is -2.93. The summed E-state index contributed by atoms with van der Waals surface area (Å²) in [4.78, 5) is 11.4. The summed E-state index contributed by atoms with van der Waals surface area (Å²) >= 11 is 0. The number of methoxy groups -OCH3 is 1. The van der Waals surface area contributed by atoms with Crippen molar-refractivity contribution in [2.45, 2.75) is 6.42 Å². The Labute approximate surface area is 85.8 Å². The molecule has 1 rings (SSSR count). The Kier molecular flexibility index (Phi) is 3.74. The van der Waals surface area contributed by atoms with Crippen LogP contribution >= 0.6 is 0 Å². The van der Waals surface area contributed by atoms with Crippen molar-refractivity contribution in [2.24, 2.45) is 5.73 Å². The number of hydrogen-bond acceptors (Lipinski definition) is 3. The first kappa shape index (κ1) is 11.6. The van der Waals surface area contributed by atoms with Crippen molar-refractivity contribution in [3.05, 3.63) is 29.3 Å². The van der Waals surface area contributed by atoms with E-state index in [2.05, 4.69) is 4.74 Å². The third kappa shape index (κ3) is 2.30. The molecule has 15 heavy (non-hydrogen) atoms. The van der Waals surface area contributed by atoms with E-state index in [9.17, 15) is 13.6 Å². The molecular formula is C10H11F2NO2. The van der Waals surface area contributed by atoms with Gasteiger partial charge in [0.2, 0.25) is 5.82 Å². The lowest BCUT2D eigenvalue weighted by Gasteiger charge is -2.08. The van der Waals surface area contributed by atoms with E-state index in [-0.39, 0.29) is 30.1 Å². The maximum Gasteiger partial charge on any atom is 0.201 e. The number of ether oxygens (including phenoxy) is 1. The van der Waals surface area contributed by atoms with E-state index < -0.39 is 11.6 Å². The monoisotopic (exact) mass is 215 g/mol. The van der Waals surface area contributed by atoms with Crippen molar-refractivity contribution in [1.82, 2.24) is 0 Å². The average Bonchev–Trinajstić information content (AvgIpc) is 2.22. The predicted octanol–water partition coefficient (Wildman–Crippen LogP) is 1.50. The number of ketones is 1. The second-order valence-electron chi connectivity index (χ2n) is 2.90. The van der Waals surface area contributed by atoms with Crippen LogP contribution in [-0.4, -0.2) is 19.4 Å². The van der Waals surface area contributed by atoms with Crippen LogP contribution in [0.15, 0.2) is 12.1 Å². The summed E-state index contributed by atoms with van der Waals surface area (Å²) in [6.07, 6.45) is 0.0709. The summed E-state index contributed by atoms with van der Waals surface area (Å²) in [6, 6.07) is 2.08. The minimum Gasteiger partial charge on any atom is -0.493 e. The molecule has 0 aliphatic carbocycles. The number of halogens is 2. The zero-order valence-corrected chi connectivity index (χ0v) is 8.22. The summed E-state index contributed by atoms with van der Waals surface area (Å²) in [5, 5.41) is 0. The average molecular weight is 215 g/mol. The molecule has 1 aromatic carbocycles. The highest BCUT2D eigenvalue weighted by molar-refractivity contribution is 5.98. The molecule has 82 valence electrons. The lowest BCUT2D eigenvalue weighted by Crippen LogP contribution is -2.10. The van der Waals surface area contributed by atoms with Crippen LogP contribution in [0.3, 0.4) is 0 Å². The van der Waals surface area contributed by atoms with Crippen molar-refractivity contribution >= 4 is 5.78 Å². The lowest BCUT2D eigenvalue weighted by molar-refractivity contribution is 0.0981. The molecule has 0 radical (unpaired) electrons. The van der Waals surface area contributed by atoms with Gasteiger partial charge in [-0.2, -0.15) is 4.39 Å². The molecule has 0 saturated carbocycles. The van der Waals surface area contributed by atoms with Crippen LogP contribution in [-0.2, 0) is 0 Å². The molecular weight excluding hydrogens is 204 g/mol. The van der Waals surface area contributed by atoms with Gasteiger partial charge in [0, 0.05) is 6.42 Å². The number of hydrogen-bond donors (Lipinski definition) is 1. The van der Waals surface area contributed by atoms with Gasteiger partial charge in [-0.05, 0) is 18.7 Å². The van der Waals surface area contributed by atoms with Crippen molar-refractivity contribution in [3.63, 3.8) is 0 Å². The van der Waals surface area contributed by atoms with Crippen molar-refractivity contribution in [2.75, 3.05) is 13.7 Å². The normalized spacial score (nSPS) is 10.1. The highest BCUT2D eigenvalue weighted by atomic mass is 19.2. The van der Waals surface area contributed by atoms with Gasteiger partial charge in [0.05, 0.1) is 12.7 Å². The van der Waals surface area contributed by atoms with Crippen LogP contribution in [0, 0.1) is 11.6 Å². The third-order valence-corrected chi connectivity index (χ3v) is 1.93. The van der Waals surface area contributed by atoms with Gasteiger partial charge < -0.3 is 10.5 Å². The molecule has 3 nitrogen and oxygen atoms in total. The minimum atomic E-state index is -1.15. The number of nitrogens with two attached hydrogens (primary N) is 1. The minimum absolute atomic E-state index is 0.0156. The quantitative estimate of drug-likeness (QED) is 0.774. The van der Waals surface area contributed by atoms with E-state index in [1.807, 2.05) is 0 Å². The standard InChI is InChI=1S/C10H11F2NO2/c1-15-10-6(8(14)4-5-13)2-3-7(11)9(10)12/h2-3H,4-5,13H2,1H3. The van der Waals surface area contributed by atoms with Crippen molar-refractivity contribution < 1.29 is 18.3 Å². The number of Topliss-reactive ketones (excluding diaryl/α,β-unsaturated/α-hetero) is 1. The van der Waals surface area contributed by atoms with E-state index in [4.69, 9.17) is 5.73 Å². The van der Waals surface area contributed by atoms with Crippen LogP contribution in [0.25, 0.3) is 0 Å². The molecule has 0 atom stereocenters. The van der Waals surface area contributed by atoms with E-state index in [0.717, 1.165) is 6.07 Å². The highest BCUT2D eigenvalue weighted by Crippen LogP contribution is 2.25. The number of benzene rings is 1. The van der Waals surface area contributed by atoms with Gasteiger partial charge in [-0.25, -0.2) is 4.39 Å². The van der Waals surface area contributed by atoms with Crippen LogP contribution in [0.5, 0.6) is 5.75 Å². The van der Waals surface area contributed by atoms with Gasteiger partial charge >= 0.3 is 0 Å². The molecule has 5 heteroatoms. The second kappa shape index (κ2) is 4.84. The zero-order chi connectivity index (χ0) is 11.4. The number of carbonyl (C=O) groups excluding carboxylic acids is 1. The molecule has 0 heterocycles. The van der Waals surface area contributed by atoms with Gasteiger partial charge in [0.1, 0.15) is 0 Å². The van der Waals surface area contributed by atoms with E-state index >= 15 is 0 Å². The molecule has 0 aliphatic heterocycles. The van der Waals surface area contributed by atoms with Gasteiger partial charge in [-0.1, -0.05) is 0 Å². The predicted molar refractivity (Wildman–Crippen MR) is 50.9 cm³/mol. The molecule has 0 saturated heterocycles. The Morgan fingerprint density at radius 2 is 2.13 bits per heavy atom. The van der Waals surface area contributed by atoms with Crippen molar-refractivity contribution in [3.8, 4) is 5.75 Å². The van der Waals surface area contributed by atoms with Gasteiger partial charge in [0.15, 0.2) is 17.3 Å². The zero-order valence-electron chi connectivity index (χ0n) is 8.22. The topological polar surface area (TPSA) is 52.3 Å². The lowest BCUT2D eigenvalue weighted by atomic mass is 10.1. The Bertz CT molecular complexity index is 380. The first-order chi connectivity index (χ1) is 7.11. The molecule has 0 aliphatic rings. The molecule has 0 spiro atoms. The van der Waals surface area contributed by atoms with E-state index in [1.54, 1.807) is 0 Å². The number of carbonyl (C=O) groups is 1. The maximum absolute atomic E-state index is 13.2. The van der Waals surface area contributed by atoms with Crippen LogP contribution < -0.4 is 10.5 Å². The summed E-state index contributed by atoms with van der Waals surface area (Å²) in [6.45, 7) is 0.154. The Morgan fingerprint density at radius 1 is 1.47 bits per heavy atom. The third-order valence-electron chi connectivity index (χ3n) is 1.93. The second-order valence-corrected chi connectivity index (χ2v) is 2.90. The van der Waals surface area contributed by atoms with Crippen molar-refractivity contribution in [1.29, 1.82) is 0 Å². The van der Waals surface area contributed by atoms with Crippen LogP contribution in [0.1, 0.15) is 16.8 Å². The Morgan fingerprint density at radius 3 is 2.67 bits per heavy atom. The summed E-state index contributed by atoms with van der Waals surface area (Å²) < 4.78 is 30.6. The fourth-order valence-corrected chi connectivity index (χ4v) is 1.22. The smallest absolute Gasteiger partial charge is 0.201 e. The molecule has 1 aromatic rings. The largest absolute Gasteiger partial charge is 0.493 e. The Hall–Kier alpha value is -1.49. The molecule has 0 aromatic heterocycles. The van der Waals surface area contributed by atoms with Crippen LogP contribution in [0.2, 0.25) is 0 Å². The molecule has 0 fully saturated rings. The van der Waals surface area contributed by atoms with Gasteiger partial charge in [-0.15, -0.1) is 0 Å². The van der Waals surface area contributed by atoms with Crippen LogP contribution in [0.4, 0.5) is 8.78 Å².